The Bertz CT molecular complexity index is 550. The first kappa shape index (κ1) is 13.7. The molecule has 0 radical (unpaired) electrons. The number of halogens is 1. The maximum absolute atomic E-state index is 10.2. The number of rotatable bonds is 4. The van der Waals surface area contributed by atoms with Crippen molar-refractivity contribution >= 4 is 27.3 Å². The Hall–Kier alpha value is -0.720. The van der Waals surface area contributed by atoms with Crippen LogP contribution in [0, 0.1) is 6.92 Å². The zero-order chi connectivity index (χ0) is 13.3. The Balaban J connectivity index is 2.21. The van der Waals surface area contributed by atoms with Crippen molar-refractivity contribution in [2.45, 2.75) is 32.8 Å². The predicted octanol–water partition coefficient (Wildman–Crippen LogP) is 2.79. The molecule has 2 aromatic heterocycles. The van der Waals surface area contributed by atoms with Gasteiger partial charge in [0.2, 0.25) is 0 Å². The Morgan fingerprint density at radius 2 is 2.28 bits per heavy atom. The summed E-state index contributed by atoms with van der Waals surface area (Å²) in [5, 5.41) is 17.5. The van der Waals surface area contributed by atoms with E-state index >= 15 is 0 Å². The molecule has 2 aromatic rings. The summed E-state index contributed by atoms with van der Waals surface area (Å²) in [5.74, 6) is 0. The summed E-state index contributed by atoms with van der Waals surface area (Å²) in [6.45, 7) is 4.01. The fourth-order valence-electron chi connectivity index (χ4n) is 1.86. The van der Waals surface area contributed by atoms with Crippen LogP contribution in [0.15, 0.2) is 9.85 Å². The van der Waals surface area contributed by atoms with Gasteiger partial charge in [0.15, 0.2) is 0 Å². The van der Waals surface area contributed by atoms with Gasteiger partial charge in [-0.05, 0) is 29.3 Å². The van der Waals surface area contributed by atoms with Gasteiger partial charge in [0, 0.05) is 18.8 Å². The van der Waals surface area contributed by atoms with Crippen molar-refractivity contribution in [3.8, 4) is 0 Å². The van der Waals surface area contributed by atoms with Gasteiger partial charge < -0.3 is 5.11 Å². The number of aromatic nitrogens is 3. The van der Waals surface area contributed by atoms with Crippen LogP contribution in [0.1, 0.15) is 35.1 Å². The summed E-state index contributed by atoms with van der Waals surface area (Å²) >= 11 is 5.11. The third kappa shape index (κ3) is 2.65. The largest absolute Gasteiger partial charge is 0.386 e. The van der Waals surface area contributed by atoms with Crippen molar-refractivity contribution in [1.82, 2.24) is 14.8 Å². The lowest BCUT2D eigenvalue weighted by Crippen LogP contribution is -2.07. The van der Waals surface area contributed by atoms with Gasteiger partial charge in [-0.1, -0.05) is 6.92 Å². The third-order valence-corrected chi connectivity index (χ3v) is 4.57. The molecule has 1 atom stereocenters. The molecule has 0 aromatic carbocycles. The minimum atomic E-state index is -0.577. The highest BCUT2D eigenvalue weighted by Crippen LogP contribution is 2.27. The molecule has 0 saturated carbocycles. The van der Waals surface area contributed by atoms with Crippen LogP contribution < -0.4 is 0 Å². The van der Waals surface area contributed by atoms with Crippen LogP contribution in [0.4, 0.5) is 0 Å². The average molecular weight is 330 g/mol. The maximum atomic E-state index is 10.2. The number of nitrogens with zero attached hydrogens (tertiary/aromatic N) is 3. The summed E-state index contributed by atoms with van der Waals surface area (Å²) in [6.07, 6.45) is 0.819. The second kappa shape index (κ2) is 5.50. The standard InChI is InChI=1S/C12H16BrN3OS/c1-4-8-12(13)10(16(3)15-8)5-11(17)9-6-18-7(2)14-9/h6,11,17H,4-5H2,1-3H3. The van der Waals surface area contributed by atoms with E-state index in [0.29, 0.717) is 6.42 Å². The summed E-state index contributed by atoms with van der Waals surface area (Å²) in [4.78, 5) is 4.32. The van der Waals surface area contributed by atoms with Gasteiger partial charge in [-0.25, -0.2) is 4.98 Å². The predicted molar refractivity (Wildman–Crippen MR) is 75.8 cm³/mol. The van der Waals surface area contributed by atoms with Gasteiger partial charge in [0.1, 0.15) is 6.10 Å². The zero-order valence-corrected chi connectivity index (χ0v) is 13.0. The van der Waals surface area contributed by atoms with Gasteiger partial charge in [-0.3, -0.25) is 4.68 Å². The molecule has 0 bridgehead atoms. The van der Waals surface area contributed by atoms with Crippen LogP contribution in [0.5, 0.6) is 0 Å². The molecule has 98 valence electrons. The first-order chi connectivity index (χ1) is 8.52. The van der Waals surface area contributed by atoms with Crippen LogP contribution in [0.3, 0.4) is 0 Å². The molecule has 4 nitrogen and oxygen atoms in total. The van der Waals surface area contributed by atoms with Crippen molar-refractivity contribution in [3.63, 3.8) is 0 Å². The van der Waals surface area contributed by atoms with Gasteiger partial charge in [0.05, 0.1) is 26.6 Å². The average Bonchev–Trinajstić information content (AvgIpc) is 2.87. The SMILES string of the molecule is CCc1nn(C)c(CC(O)c2csc(C)n2)c1Br. The highest BCUT2D eigenvalue weighted by Gasteiger charge is 2.18. The van der Waals surface area contributed by atoms with E-state index in [9.17, 15) is 5.11 Å². The highest BCUT2D eigenvalue weighted by molar-refractivity contribution is 9.10. The van der Waals surface area contributed by atoms with Crippen molar-refractivity contribution in [3.05, 3.63) is 31.9 Å². The minimum Gasteiger partial charge on any atom is -0.386 e. The van der Waals surface area contributed by atoms with Crippen LogP contribution in [-0.4, -0.2) is 19.9 Å². The molecule has 0 spiro atoms. The monoisotopic (exact) mass is 329 g/mol. The van der Waals surface area contributed by atoms with E-state index in [-0.39, 0.29) is 0 Å². The fourth-order valence-corrected chi connectivity index (χ4v) is 3.30. The van der Waals surface area contributed by atoms with E-state index in [1.165, 1.54) is 0 Å². The molecule has 0 aliphatic rings. The molecule has 0 fully saturated rings. The zero-order valence-electron chi connectivity index (χ0n) is 10.6. The number of hydrogen-bond acceptors (Lipinski definition) is 4. The first-order valence-corrected chi connectivity index (χ1v) is 7.50. The van der Waals surface area contributed by atoms with Crippen LogP contribution in [0.2, 0.25) is 0 Å². The lowest BCUT2D eigenvalue weighted by Gasteiger charge is -2.08. The number of aryl methyl sites for hydroxylation is 3. The molecule has 2 rings (SSSR count). The lowest BCUT2D eigenvalue weighted by atomic mass is 10.1. The molecule has 0 aliphatic carbocycles. The van der Waals surface area contributed by atoms with Gasteiger partial charge in [0.25, 0.3) is 0 Å². The third-order valence-electron chi connectivity index (χ3n) is 2.87. The highest BCUT2D eigenvalue weighted by atomic mass is 79.9. The molecule has 0 amide bonds. The second-order valence-electron chi connectivity index (χ2n) is 4.20. The van der Waals surface area contributed by atoms with E-state index in [1.807, 2.05) is 24.0 Å². The van der Waals surface area contributed by atoms with Crippen LogP contribution in [0.25, 0.3) is 0 Å². The van der Waals surface area contributed by atoms with Crippen molar-refractivity contribution in [2.75, 3.05) is 0 Å². The van der Waals surface area contributed by atoms with Crippen molar-refractivity contribution < 1.29 is 5.11 Å². The van der Waals surface area contributed by atoms with Gasteiger partial charge in [-0.2, -0.15) is 5.10 Å². The quantitative estimate of drug-likeness (QED) is 0.938. The molecule has 2 heterocycles. The molecule has 6 heteroatoms. The lowest BCUT2D eigenvalue weighted by molar-refractivity contribution is 0.171. The number of aliphatic hydroxyl groups is 1. The molecule has 0 aliphatic heterocycles. The summed E-state index contributed by atoms with van der Waals surface area (Å²) in [7, 11) is 1.90. The minimum absolute atomic E-state index is 0.521. The van der Waals surface area contributed by atoms with E-state index in [0.717, 1.165) is 33.0 Å². The van der Waals surface area contributed by atoms with E-state index in [1.54, 1.807) is 11.3 Å². The Kier molecular flexibility index (Phi) is 4.19. The van der Waals surface area contributed by atoms with E-state index in [4.69, 9.17) is 0 Å². The molecular formula is C12H16BrN3OS. The van der Waals surface area contributed by atoms with Crippen molar-refractivity contribution in [1.29, 1.82) is 0 Å². The number of hydrogen-bond donors (Lipinski definition) is 1. The smallest absolute Gasteiger partial charge is 0.102 e. The van der Waals surface area contributed by atoms with Crippen LogP contribution in [-0.2, 0) is 19.9 Å². The van der Waals surface area contributed by atoms with Gasteiger partial charge >= 0.3 is 0 Å². The Labute approximate surface area is 119 Å². The Morgan fingerprint density at radius 3 is 2.78 bits per heavy atom. The summed E-state index contributed by atoms with van der Waals surface area (Å²) < 4.78 is 2.82. The van der Waals surface area contributed by atoms with E-state index in [2.05, 4.69) is 32.9 Å². The summed E-state index contributed by atoms with van der Waals surface area (Å²) in [6, 6.07) is 0. The van der Waals surface area contributed by atoms with Crippen LogP contribution >= 0.6 is 27.3 Å². The number of thiazole rings is 1. The fraction of sp³-hybridized carbons (Fsp3) is 0.500. The van der Waals surface area contributed by atoms with Gasteiger partial charge in [-0.15, -0.1) is 11.3 Å². The van der Waals surface area contributed by atoms with E-state index < -0.39 is 6.10 Å². The molecular weight excluding hydrogens is 314 g/mol. The number of aliphatic hydroxyl groups excluding tert-OH is 1. The topological polar surface area (TPSA) is 50.9 Å². The first-order valence-electron chi connectivity index (χ1n) is 5.83. The normalized spacial score (nSPS) is 12.9. The summed E-state index contributed by atoms with van der Waals surface area (Å²) in [5.41, 5.74) is 2.77. The Morgan fingerprint density at radius 1 is 1.56 bits per heavy atom. The van der Waals surface area contributed by atoms with Crippen molar-refractivity contribution in [2.24, 2.45) is 7.05 Å². The molecule has 0 saturated heterocycles. The molecule has 1 unspecified atom stereocenters. The maximum Gasteiger partial charge on any atom is 0.102 e. The molecule has 1 N–H and O–H groups in total. The molecule has 18 heavy (non-hydrogen) atoms. The second-order valence-corrected chi connectivity index (χ2v) is 6.05.